The molecule has 1 spiro atoms. The zero-order valence-electron chi connectivity index (χ0n) is 17.5. The van der Waals surface area contributed by atoms with Gasteiger partial charge in [-0.3, -0.25) is 19.4 Å². The summed E-state index contributed by atoms with van der Waals surface area (Å²) in [5.41, 5.74) is 3.03. The van der Waals surface area contributed by atoms with Crippen LogP contribution in [-0.4, -0.2) is 38.9 Å². The summed E-state index contributed by atoms with van der Waals surface area (Å²) in [6.45, 7) is 0.637. The molecule has 0 unspecified atom stereocenters. The molecule has 1 aliphatic heterocycles. The summed E-state index contributed by atoms with van der Waals surface area (Å²) in [7, 11) is 1.56. The van der Waals surface area contributed by atoms with Crippen molar-refractivity contribution in [3.63, 3.8) is 0 Å². The lowest BCUT2D eigenvalue weighted by Crippen LogP contribution is -2.49. The summed E-state index contributed by atoms with van der Waals surface area (Å²) in [6, 6.07) is 3.65. The first-order chi connectivity index (χ1) is 15.2. The van der Waals surface area contributed by atoms with Gasteiger partial charge in [0.2, 0.25) is 0 Å². The number of hydrogen-bond donors (Lipinski definition) is 0. The van der Waals surface area contributed by atoms with E-state index < -0.39 is 18.3 Å². The second-order valence-electron chi connectivity index (χ2n) is 8.20. The molecule has 166 valence electrons. The van der Waals surface area contributed by atoms with Crippen molar-refractivity contribution in [3.05, 3.63) is 53.7 Å². The molecule has 3 aromatic rings. The molecule has 32 heavy (non-hydrogen) atoms. The fraction of sp³-hybridized carbons (Fsp3) is 0.364. The van der Waals surface area contributed by atoms with Crippen molar-refractivity contribution in [1.29, 1.82) is 0 Å². The highest BCUT2D eigenvalue weighted by Gasteiger charge is 2.56. The predicted octanol–water partition coefficient (Wildman–Crippen LogP) is 4.26. The maximum atomic E-state index is 13.5. The van der Waals surface area contributed by atoms with Crippen LogP contribution in [0.5, 0.6) is 5.75 Å². The number of aryl methyl sites for hydroxylation is 1. The number of methoxy groups -OCH3 is 1. The lowest BCUT2D eigenvalue weighted by Gasteiger charge is -2.44. The molecular weight excluding hydrogens is 423 g/mol. The summed E-state index contributed by atoms with van der Waals surface area (Å²) in [5, 5.41) is 3.83. The first kappa shape index (κ1) is 20.5. The van der Waals surface area contributed by atoms with E-state index in [1.807, 2.05) is 19.1 Å². The molecule has 1 amide bonds. The maximum Gasteiger partial charge on any atom is 0.408 e. The Balaban J connectivity index is 1.59. The standard InChI is InChI=1S/C22H20F3N5O2/c1-13-6-17(14-7-16(32-2)10-26-8-14)28-19-18(13)20(31)30(21(19)4-3-5-21)15-9-27-29(11-15)12-22(23,24)25/h6-11H,3-5,12H2,1-2H3. The minimum atomic E-state index is -4.40. The van der Waals surface area contributed by atoms with E-state index in [-0.39, 0.29) is 5.91 Å². The van der Waals surface area contributed by atoms with E-state index in [9.17, 15) is 18.0 Å². The molecule has 1 aliphatic carbocycles. The second kappa shape index (κ2) is 7.04. The Morgan fingerprint density at radius 1 is 1.19 bits per heavy atom. The normalized spacial score (nSPS) is 16.9. The fourth-order valence-electron chi connectivity index (χ4n) is 4.58. The topological polar surface area (TPSA) is 73.1 Å². The van der Waals surface area contributed by atoms with Gasteiger partial charge in [-0.2, -0.15) is 18.3 Å². The highest BCUT2D eigenvalue weighted by molar-refractivity contribution is 6.12. The smallest absolute Gasteiger partial charge is 0.408 e. The van der Waals surface area contributed by atoms with E-state index >= 15 is 0 Å². The summed E-state index contributed by atoms with van der Waals surface area (Å²) < 4.78 is 44.5. The third kappa shape index (κ3) is 3.12. The lowest BCUT2D eigenvalue weighted by molar-refractivity contribution is -0.142. The minimum absolute atomic E-state index is 0.258. The molecule has 0 N–H and O–H groups in total. The molecule has 0 saturated heterocycles. The van der Waals surface area contributed by atoms with Gasteiger partial charge in [-0.25, -0.2) is 4.98 Å². The Kier molecular flexibility index (Phi) is 4.51. The van der Waals surface area contributed by atoms with Crippen LogP contribution in [0.15, 0.2) is 36.9 Å². The molecule has 1 fully saturated rings. The zero-order valence-corrected chi connectivity index (χ0v) is 17.5. The van der Waals surface area contributed by atoms with E-state index in [0.29, 0.717) is 41.2 Å². The Morgan fingerprint density at radius 3 is 2.62 bits per heavy atom. The van der Waals surface area contributed by atoms with Gasteiger partial charge < -0.3 is 4.74 Å². The number of carbonyl (C=O) groups excluding carboxylic acids is 1. The molecule has 0 bridgehead atoms. The number of ether oxygens (including phenoxy) is 1. The molecule has 0 radical (unpaired) electrons. The average molecular weight is 443 g/mol. The molecular formula is C22H20F3N5O2. The van der Waals surface area contributed by atoms with Gasteiger partial charge in [0.1, 0.15) is 12.3 Å². The van der Waals surface area contributed by atoms with Gasteiger partial charge in [0.05, 0.1) is 47.7 Å². The van der Waals surface area contributed by atoms with Crippen molar-refractivity contribution in [2.45, 2.75) is 44.4 Å². The first-order valence-corrected chi connectivity index (χ1v) is 10.2. The van der Waals surface area contributed by atoms with E-state index in [1.54, 1.807) is 24.4 Å². The Labute approximate surface area is 181 Å². The molecule has 10 heteroatoms. The van der Waals surface area contributed by atoms with Crippen molar-refractivity contribution < 1.29 is 22.7 Å². The molecule has 1 saturated carbocycles. The van der Waals surface area contributed by atoms with Gasteiger partial charge in [-0.1, -0.05) is 0 Å². The molecule has 0 aromatic carbocycles. The molecule has 7 nitrogen and oxygen atoms in total. The van der Waals surface area contributed by atoms with Crippen molar-refractivity contribution >= 4 is 11.6 Å². The average Bonchev–Trinajstić information content (AvgIpc) is 3.26. The number of nitrogens with zero attached hydrogens (tertiary/aromatic N) is 5. The molecule has 3 aromatic heterocycles. The van der Waals surface area contributed by atoms with Gasteiger partial charge in [-0.05, 0) is 43.9 Å². The number of hydrogen-bond acceptors (Lipinski definition) is 5. The monoisotopic (exact) mass is 443 g/mol. The second-order valence-corrected chi connectivity index (χ2v) is 8.20. The highest BCUT2D eigenvalue weighted by atomic mass is 19.4. The van der Waals surface area contributed by atoms with Crippen LogP contribution in [-0.2, 0) is 12.1 Å². The lowest BCUT2D eigenvalue weighted by atomic mass is 9.73. The number of amides is 1. The van der Waals surface area contributed by atoms with Crippen molar-refractivity contribution in [2.75, 3.05) is 12.0 Å². The number of carbonyl (C=O) groups is 1. The summed E-state index contributed by atoms with van der Waals surface area (Å²) in [4.78, 5) is 24.1. The number of fused-ring (bicyclic) bond motifs is 2. The number of rotatable bonds is 4. The largest absolute Gasteiger partial charge is 0.495 e. The SMILES string of the molecule is COc1cncc(-c2cc(C)c3c(n2)C2(CCC2)N(c2cnn(CC(F)(F)F)c2)C3=O)c1. The molecule has 5 rings (SSSR count). The van der Waals surface area contributed by atoms with Crippen molar-refractivity contribution in [1.82, 2.24) is 19.7 Å². The van der Waals surface area contributed by atoms with Crippen LogP contribution in [0, 0.1) is 6.92 Å². The van der Waals surface area contributed by atoms with Crippen LogP contribution in [0.2, 0.25) is 0 Å². The molecule has 0 atom stereocenters. The Bertz CT molecular complexity index is 1220. The van der Waals surface area contributed by atoms with Gasteiger partial charge in [-0.15, -0.1) is 0 Å². The van der Waals surface area contributed by atoms with Crippen LogP contribution in [0.1, 0.15) is 40.9 Å². The van der Waals surface area contributed by atoms with Crippen molar-refractivity contribution in [2.24, 2.45) is 0 Å². The quantitative estimate of drug-likeness (QED) is 0.603. The Morgan fingerprint density at radius 2 is 1.97 bits per heavy atom. The summed E-state index contributed by atoms with van der Waals surface area (Å²) in [6.07, 6.45) is 3.74. The van der Waals surface area contributed by atoms with E-state index in [4.69, 9.17) is 9.72 Å². The summed E-state index contributed by atoms with van der Waals surface area (Å²) >= 11 is 0. The number of alkyl halides is 3. The maximum absolute atomic E-state index is 13.5. The van der Waals surface area contributed by atoms with Gasteiger partial charge in [0, 0.05) is 18.0 Å². The number of anilines is 1. The van der Waals surface area contributed by atoms with Crippen LogP contribution in [0.4, 0.5) is 18.9 Å². The van der Waals surface area contributed by atoms with E-state index in [2.05, 4.69) is 10.1 Å². The zero-order chi connectivity index (χ0) is 22.7. The summed E-state index contributed by atoms with van der Waals surface area (Å²) in [5.74, 6) is 0.335. The Hall–Kier alpha value is -3.43. The molecule has 4 heterocycles. The molecule has 2 aliphatic rings. The van der Waals surface area contributed by atoms with Crippen molar-refractivity contribution in [3.8, 4) is 17.0 Å². The minimum Gasteiger partial charge on any atom is -0.495 e. The van der Waals surface area contributed by atoms with Gasteiger partial charge in [0.15, 0.2) is 0 Å². The third-order valence-corrected chi connectivity index (χ3v) is 6.15. The van der Waals surface area contributed by atoms with Gasteiger partial charge in [0.25, 0.3) is 5.91 Å². The fourth-order valence-corrected chi connectivity index (χ4v) is 4.58. The number of halogens is 3. The van der Waals surface area contributed by atoms with Gasteiger partial charge >= 0.3 is 6.18 Å². The van der Waals surface area contributed by atoms with Crippen LogP contribution < -0.4 is 9.64 Å². The first-order valence-electron chi connectivity index (χ1n) is 10.2. The highest BCUT2D eigenvalue weighted by Crippen LogP contribution is 2.54. The number of pyridine rings is 2. The predicted molar refractivity (Wildman–Crippen MR) is 109 cm³/mol. The van der Waals surface area contributed by atoms with Crippen LogP contribution >= 0.6 is 0 Å². The number of aromatic nitrogens is 4. The third-order valence-electron chi connectivity index (χ3n) is 6.15. The van der Waals surface area contributed by atoms with E-state index in [1.165, 1.54) is 12.4 Å². The van der Waals surface area contributed by atoms with Crippen LogP contribution in [0.25, 0.3) is 11.3 Å². The van der Waals surface area contributed by atoms with Crippen LogP contribution in [0.3, 0.4) is 0 Å². The van der Waals surface area contributed by atoms with E-state index in [0.717, 1.165) is 22.2 Å².